The maximum atomic E-state index is 9.60. The lowest BCUT2D eigenvalue weighted by Gasteiger charge is -1.96. The summed E-state index contributed by atoms with van der Waals surface area (Å²) in [5.74, 6) is -0.711. The third kappa shape index (κ3) is 83.3. The van der Waals surface area contributed by atoms with Gasteiger partial charge in [-0.3, -0.25) is 4.79 Å². The number of aliphatic hydroxyl groups is 18. The van der Waals surface area contributed by atoms with Gasteiger partial charge in [0.1, 0.15) is 36.6 Å². The first-order valence-electron chi connectivity index (χ1n) is 12.2. The van der Waals surface area contributed by atoms with E-state index in [0.29, 0.717) is 6.42 Å². The number of hydrogen-bond acceptors (Lipinski definition) is 19. The van der Waals surface area contributed by atoms with Crippen LogP contribution >= 0.6 is 0 Å². The summed E-state index contributed by atoms with van der Waals surface area (Å²) in [6.45, 7) is -2.53. The minimum absolute atomic E-state index is 0.292. The van der Waals surface area contributed by atoms with Gasteiger partial charge < -0.3 is 97.0 Å². The fourth-order valence-corrected chi connectivity index (χ4v) is 0.560. The van der Waals surface area contributed by atoms with Crippen LogP contribution < -0.4 is 0 Å². The summed E-state index contributed by atoms with van der Waals surface area (Å²) < 4.78 is 0. The Kier molecular flexibility index (Phi) is 70.5. The molecule has 42 heavy (non-hydrogen) atoms. The molecule has 0 bridgehead atoms. The van der Waals surface area contributed by atoms with Crippen LogP contribution in [0.2, 0.25) is 0 Å². The Labute approximate surface area is 244 Å². The van der Waals surface area contributed by atoms with E-state index < -0.39 is 42.6 Å². The molecule has 0 aliphatic heterocycles. The second-order valence-electron chi connectivity index (χ2n) is 7.26. The molecule has 0 atom stereocenters. The monoisotopic (exact) mass is 640 g/mol. The highest BCUT2D eigenvalue weighted by atomic mass is 16.4. The van der Waals surface area contributed by atoms with Crippen molar-refractivity contribution in [1.29, 1.82) is 0 Å². The first kappa shape index (κ1) is 56.5. The molecular formula is C22H56O20. The van der Waals surface area contributed by atoms with Crippen molar-refractivity contribution >= 4 is 5.97 Å². The van der Waals surface area contributed by atoms with Crippen molar-refractivity contribution in [2.45, 2.75) is 56.4 Å². The number of aliphatic carboxylic acids is 1. The van der Waals surface area contributed by atoms with Crippen LogP contribution in [0.1, 0.15) is 19.8 Å². The van der Waals surface area contributed by atoms with Crippen molar-refractivity contribution < 1.29 is 102 Å². The molecule has 0 saturated carbocycles. The Morgan fingerprint density at radius 2 is 0.500 bits per heavy atom. The molecule has 0 heterocycles. The van der Waals surface area contributed by atoms with Crippen molar-refractivity contribution in [3.05, 3.63) is 0 Å². The summed E-state index contributed by atoms with van der Waals surface area (Å²) in [7, 11) is 0. The summed E-state index contributed by atoms with van der Waals surface area (Å²) in [6.07, 6.45) is -4.70. The minimum atomic E-state index is -0.954. The first-order valence-corrected chi connectivity index (χ1v) is 12.2. The van der Waals surface area contributed by atoms with Crippen LogP contribution in [0.4, 0.5) is 0 Å². The second kappa shape index (κ2) is 52.4. The molecule has 0 aromatic carbocycles. The highest BCUT2D eigenvalue weighted by molar-refractivity contribution is 5.66. The van der Waals surface area contributed by atoms with Gasteiger partial charge in [-0.1, -0.05) is 6.92 Å². The van der Waals surface area contributed by atoms with Crippen LogP contribution in [-0.4, -0.2) is 219 Å². The van der Waals surface area contributed by atoms with E-state index in [9.17, 15) is 4.79 Å². The molecule has 0 aromatic rings. The number of hydrogen-bond donors (Lipinski definition) is 19. The molecule has 19 N–H and O–H groups in total. The Bertz CT molecular complexity index is 335. The standard InChI is InChI=1S/C4H8O2.6C3H8O3/c1-2-3-4(5)6;6*4-1-3(6)2-5/h2-3H2,1H3,(H,5,6);6*3-6H,1-2H2. The number of rotatable bonds is 14. The van der Waals surface area contributed by atoms with Gasteiger partial charge in [0.15, 0.2) is 0 Å². The van der Waals surface area contributed by atoms with Gasteiger partial charge in [-0.25, -0.2) is 0 Å². The molecule has 0 aliphatic carbocycles. The van der Waals surface area contributed by atoms with Gasteiger partial charge in [0, 0.05) is 6.42 Å². The number of aliphatic hydroxyl groups excluding tert-OH is 18. The zero-order valence-electron chi connectivity index (χ0n) is 23.8. The summed E-state index contributed by atoms with van der Waals surface area (Å²) in [6, 6.07) is 0. The smallest absolute Gasteiger partial charge is 0.303 e. The summed E-state index contributed by atoms with van der Waals surface area (Å²) in [4.78, 5) is 9.60. The van der Waals surface area contributed by atoms with Crippen molar-refractivity contribution in [2.24, 2.45) is 0 Å². The molecule has 20 heteroatoms. The largest absolute Gasteiger partial charge is 0.481 e. The van der Waals surface area contributed by atoms with E-state index in [0.717, 1.165) is 6.42 Å². The van der Waals surface area contributed by atoms with Gasteiger partial charge in [-0.15, -0.1) is 0 Å². The van der Waals surface area contributed by atoms with Gasteiger partial charge >= 0.3 is 5.97 Å². The van der Waals surface area contributed by atoms with Gasteiger partial charge in [-0.05, 0) is 6.42 Å². The molecule has 0 saturated heterocycles. The van der Waals surface area contributed by atoms with Gasteiger partial charge in [0.05, 0.1) is 79.3 Å². The van der Waals surface area contributed by atoms with Crippen molar-refractivity contribution in [3.8, 4) is 0 Å². The van der Waals surface area contributed by atoms with E-state index in [-0.39, 0.29) is 79.3 Å². The topological polar surface area (TPSA) is 401 Å². The lowest BCUT2D eigenvalue weighted by molar-refractivity contribution is -0.137. The lowest BCUT2D eigenvalue weighted by atomic mass is 10.4. The summed E-state index contributed by atoms with van der Waals surface area (Å²) in [5, 5.41) is 152. The SMILES string of the molecule is CCCC(=O)O.OCC(O)CO.OCC(O)CO.OCC(O)CO.OCC(O)CO.OCC(O)CO.OCC(O)CO. The Morgan fingerprint density at radius 3 is 0.500 bits per heavy atom. The van der Waals surface area contributed by atoms with Crippen LogP contribution in [0, 0.1) is 0 Å². The Hall–Kier alpha value is -1.25. The van der Waals surface area contributed by atoms with Crippen molar-refractivity contribution in [3.63, 3.8) is 0 Å². The van der Waals surface area contributed by atoms with E-state index in [1.54, 1.807) is 0 Å². The van der Waals surface area contributed by atoms with Gasteiger partial charge in [-0.2, -0.15) is 0 Å². The minimum Gasteiger partial charge on any atom is -0.481 e. The predicted molar refractivity (Wildman–Crippen MR) is 144 cm³/mol. The number of carboxylic acids is 1. The zero-order valence-corrected chi connectivity index (χ0v) is 23.8. The maximum Gasteiger partial charge on any atom is 0.303 e. The molecule has 20 nitrogen and oxygen atoms in total. The van der Waals surface area contributed by atoms with Gasteiger partial charge in [0.2, 0.25) is 0 Å². The quantitative estimate of drug-likeness (QED) is 0.0837. The van der Waals surface area contributed by atoms with Crippen LogP contribution in [0.25, 0.3) is 0 Å². The highest BCUT2D eigenvalue weighted by Gasteiger charge is 1.96. The van der Waals surface area contributed by atoms with Crippen LogP contribution in [0.15, 0.2) is 0 Å². The number of carbonyl (C=O) groups is 1. The maximum absolute atomic E-state index is 9.60. The molecule has 0 unspecified atom stereocenters. The number of carboxylic acid groups (broad SMARTS) is 1. The van der Waals surface area contributed by atoms with Crippen LogP contribution in [-0.2, 0) is 4.79 Å². The van der Waals surface area contributed by atoms with E-state index in [1.807, 2.05) is 6.92 Å². The second-order valence-corrected chi connectivity index (χ2v) is 7.26. The fraction of sp³-hybridized carbons (Fsp3) is 0.955. The Balaban J connectivity index is -0.0000000681. The molecule has 0 rings (SSSR count). The normalized spacial score (nSPS) is 9.74. The third-order valence-electron chi connectivity index (χ3n) is 2.99. The lowest BCUT2D eigenvalue weighted by Crippen LogP contribution is -2.15. The van der Waals surface area contributed by atoms with E-state index in [1.165, 1.54) is 0 Å². The van der Waals surface area contributed by atoms with Crippen molar-refractivity contribution in [1.82, 2.24) is 0 Å². The molecule has 264 valence electrons. The van der Waals surface area contributed by atoms with Crippen LogP contribution in [0.3, 0.4) is 0 Å². The molecule has 0 aliphatic rings. The molecule has 0 fully saturated rings. The Morgan fingerprint density at radius 1 is 0.381 bits per heavy atom. The first-order chi connectivity index (χ1) is 19.6. The summed E-state index contributed by atoms with van der Waals surface area (Å²) in [5.41, 5.74) is 0. The van der Waals surface area contributed by atoms with E-state index >= 15 is 0 Å². The zero-order chi connectivity index (χ0) is 34.9. The average molecular weight is 641 g/mol. The van der Waals surface area contributed by atoms with Gasteiger partial charge in [0.25, 0.3) is 0 Å². The summed E-state index contributed by atoms with van der Waals surface area (Å²) >= 11 is 0. The molecule has 0 radical (unpaired) electrons. The van der Waals surface area contributed by atoms with Crippen LogP contribution in [0.5, 0.6) is 0 Å². The highest BCUT2D eigenvalue weighted by Crippen LogP contribution is 1.82. The van der Waals surface area contributed by atoms with E-state index in [2.05, 4.69) is 0 Å². The fourth-order valence-electron chi connectivity index (χ4n) is 0.560. The molecule has 0 amide bonds. The molecular weight excluding hydrogens is 584 g/mol. The average Bonchev–Trinajstić information content (AvgIpc) is 3.03. The third-order valence-corrected chi connectivity index (χ3v) is 2.99. The predicted octanol–water partition coefficient (Wildman–Crippen LogP) is -9.14. The molecule has 0 aromatic heterocycles. The van der Waals surface area contributed by atoms with Crippen molar-refractivity contribution in [2.75, 3.05) is 79.3 Å². The molecule has 0 spiro atoms. The van der Waals surface area contributed by atoms with E-state index in [4.69, 9.17) is 97.0 Å².